The quantitative estimate of drug-likeness (QED) is 0.779. The minimum atomic E-state index is -4.64. The molecule has 0 spiro atoms. The number of aliphatic hydroxyl groups excluding tert-OH is 1. The standard InChI is InChI=1S/C13H17F3N2O3/c1-8(7-19)17-12(20)18-11(13(14,15)16)9-3-5-10(21-2)6-4-9/h3-6,8,11,19H,7H2,1-2H3,(H2,17,18,20)/t8-,11+/m1/s1. The zero-order valence-corrected chi connectivity index (χ0v) is 11.6. The average molecular weight is 306 g/mol. The van der Waals surface area contributed by atoms with Crippen LogP contribution in [0.4, 0.5) is 18.0 Å². The molecule has 3 N–H and O–H groups in total. The summed E-state index contributed by atoms with van der Waals surface area (Å²) in [6, 6.07) is 1.42. The van der Waals surface area contributed by atoms with Crippen molar-refractivity contribution in [1.29, 1.82) is 0 Å². The number of rotatable bonds is 5. The van der Waals surface area contributed by atoms with Crippen LogP contribution in [0.5, 0.6) is 5.75 Å². The van der Waals surface area contributed by atoms with Crippen LogP contribution in [0.2, 0.25) is 0 Å². The molecular formula is C13H17F3N2O3. The molecule has 0 unspecified atom stereocenters. The molecule has 0 aliphatic heterocycles. The van der Waals surface area contributed by atoms with Crippen LogP contribution in [-0.4, -0.2) is 37.1 Å². The summed E-state index contributed by atoms with van der Waals surface area (Å²) in [6.45, 7) is 1.10. The molecule has 1 rings (SSSR count). The number of amides is 2. The highest BCUT2D eigenvalue weighted by Gasteiger charge is 2.42. The molecule has 2 amide bonds. The van der Waals surface area contributed by atoms with Gasteiger partial charge in [0, 0.05) is 0 Å². The lowest BCUT2D eigenvalue weighted by atomic mass is 10.1. The largest absolute Gasteiger partial charge is 0.497 e. The summed E-state index contributed by atoms with van der Waals surface area (Å²) in [7, 11) is 1.40. The van der Waals surface area contributed by atoms with Gasteiger partial charge in [-0.15, -0.1) is 0 Å². The first-order chi connectivity index (χ1) is 9.77. The highest BCUT2D eigenvalue weighted by molar-refractivity contribution is 5.74. The average Bonchev–Trinajstić information content (AvgIpc) is 2.43. The van der Waals surface area contributed by atoms with Crippen LogP contribution in [0.15, 0.2) is 24.3 Å². The third kappa shape index (κ3) is 5.14. The van der Waals surface area contributed by atoms with Crippen molar-refractivity contribution in [3.63, 3.8) is 0 Å². The Morgan fingerprint density at radius 2 is 1.86 bits per heavy atom. The minimum Gasteiger partial charge on any atom is -0.497 e. The van der Waals surface area contributed by atoms with E-state index in [1.807, 2.05) is 5.32 Å². The maximum Gasteiger partial charge on any atom is 0.412 e. The Balaban J connectivity index is 2.88. The van der Waals surface area contributed by atoms with E-state index in [1.54, 1.807) is 0 Å². The van der Waals surface area contributed by atoms with Gasteiger partial charge in [-0.3, -0.25) is 0 Å². The molecule has 118 valence electrons. The molecule has 8 heteroatoms. The lowest BCUT2D eigenvalue weighted by Crippen LogP contribution is -2.47. The fraction of sp³-hybridized carbons (Fsp3) is 0.462. The van der Waals surface area contributed by atoms with E-state index < -0.39 is 24.3 Å². The topological polar surface area (TPSA) is 70.6 Å². The van der Waals surface area contributed by atoms with Gasteiger partial charge in [0.15, 0.2) is 6.04 Å². The number of methoxy groups -OCH3 is 1. The van der Waals surface area contributed by atoms with E-state index in [-0.39, 0.29) is 12.2 Å². The molecule has 0 heterocycles. The molecule has 0 saturated carbocycles. The molecule has 0 radical (unpaired) electrons. The number of benzene rings is 1. The van der Waals surface area contributed by atoms with Gasteiger partial charge in [0.05, 0.1) is 19.8 Å². The van der Waals surface area contributed by atoms with Crippen molar-refractivity contribution in [2.24, 2.45) is 0 Å². The molecule has 0 bridgehead atoms. The van der Waals surface area contributed by atoms with Gasteiger partial charge < -0.3 is 20.5 Å². The monoisotopic (exact) mass is 306 g/mol. The first-order valence-corrected chi connectivity index (χ1v) is 6.16. The summed E-state index contributed by atoms with van der Waals surface area (Å²) < 4.78 is 44.0. The first-order valence-electron chi connectivity index (χ1n) is 6.16. The smallest absolute Gasteiger partial charge is 0.412 e. The summed E-state index contributed by atoms with van der Waals surface area (Å²) in [5.74, 6) is 0.415. The van der Waals surface area contributed by atoms with Gasteiger partial charge in [-0.1, -0.05) is 12.1 Å². The summed E-state index contributed by atoms with van der Waals surface area (Å²) in [4.78, 5) is 11.5. The SMILES string of the molecule is COc1ccc([C@H](NC(=O)N[C@H](C)CO)C(F)(F)F)cc1. The summed E-state index contributed by atoms with van der Waals surface area (Å²) in [6.07, 6.45) is -4.64. The van der Waals surface area contributed by atoms with Crippen LogP contribution in [0.1, 0.15) is 18.5 Å². The number of ether oxygens (including phenoxy) is 1. The maximum absolute atomic E-state index is 13.0. The Morgan fingerprint density at radius 1 is 1.29 bits per heavy atom. The second-order valence-electron chi connectivity index (χ2n) is 4.45. The normalized spacial score (nSPS) is 14.2. The molecule has 0 aliphatic rings. The number of carbonyl (C=O) groups is 1. The van der Waals surface area contributed by atoms with E-state index in [0.717, 1.165) is 0 Å². The lowest BCUT2D eigenvalue weighted by Gasteiger charge is -2.23. The number of hydrogen-bond acceptors (Lipinski definition) is 3. The predicted molar refractivity (Wildman–Crippen MR) is 70.0 cm³/mol. The van der Waals surface area contributed by atoms with Crippen molar-refractivity contribution in [3.8, 4) is 5.75 Å². The van der Waals surface area contributed by atoms with E-state index in [9.17, 15) is 18.0 Å². The Morgan fingerprint density at radius 3 is 2.29 bits per heavy atom. The van der Waals surface area contributed by atoms with Gasteiger partial charge in [-0.2, -0.15) is 13.2 Å². The Hall–Kier alpha value is -1.96. The number of aliphatic hydroxyl groups is 1. The van der Waals surface area contributed by atoms with Crippen LogP contribution in [0, 0.1) is 0 Å². The summed E-state index contributed by atoms with van der Waals surface area (Å²) in [5, 5.41) is 12.8. The second-order valence-corrected chi connectivity index (χ2v) is 4.45. The predicted octanol–water partition coefficient (Wildman–Crippen LogP) is 1.98. The number of carbonyl (C=O) groups excluding carboxylic acids is 1. The number of hydrogen-bond donors (Lipinski definition) is 3. The molecule has 0 saturated heterocycles. The number of nitrogens with one attached hydrogen (secondary N) is 2. The van der Waals surface area contributed by atoms with Crippen molar-refractivity contribution in [2.75, 3.05) is 13.7 Å². The summed E-state index contributed by atoms with van der Waals surface area (Å²) >= 11 is 0. The van der Waals surface area contributed by atoms with E-state index in [1.165, 1.54) is 38.3 Å². The number of alkyl halides is 3. The summed E-state index contributed by atoms with van der Waals surface area (Å²) in [5.41, 5.74) is -0.116. The molecule has 0 aliphatic carbocycles. The maximum atomic E-state index is 13.0. The van der Waals surface area contributed by atoms with Gasteiger partial charge >= 0.3 is 12.2 Å². The van der Waals surface area contributed by atoms with Gasteiger partial charge in [-0.25, -0.2) is 4.79 Å². The molecule has 5 nitrogen and oxygen atoms in total. The van der Waals surface area contributed by atoms with Crippen LogP contribution in [-0.2, 0) is 0 Å². The molecule has 0 aromatic heterocycles. The van der Waals surface area contributed by atoms with Crippen LogP contribution < -0.4 is 15.4 Å². The molecular weight excluding hydrogens is 289 g/mol. The Labute approximate surface area is 120 Å². The van der Waals surface area contributed by atoms with Gasteiger partial charge in [0.25, 0.3) is 0 Å². The van der Waals surface area contributed by atoms with E-state index in [2.05, 4.69) is 5.32 Å². The Kier molecular flexibility index (Phi) is 5.83. The van der Waals surface area contributed by atoms with Gasteiger partial charge in [-0.05, 0) is 24.6 Å². The van der Waals surface area contributed by atoms with E-state index >= 15 is 0 Å². The van der Waals surface area contributed by atoms with Crippen LogP contribution in [0.3, 0.4) is 0 Å². The highest BCUT2D eigenvalue weighted by atomic mass is 19.4. The van der Waals surface area contributed by atoms with Crippen LogP contribution >= 0.6 is 0 Å². The lowest BCUT2D eigenvalue weighted by molar-refractivity contribution is -0.155. The van der Waals surface area contributed by atoms with Crippen molar-refractivity contribution in [2.45, 2.75) is 25.2 Å². The first kappa shape index (κ1) is 17.1. The van der Waals surface area contributed by atoms with Gasteiger partial charge in [0.1, 0.15) is 5.75 Å². The van der Waals surface area contributed by atoms with E-state index in [4.69, 9.17) is 9.84 Å². The molecule has 1 aromatic carbocycles. The zero-order chi connectivity index (χ0) is 16.0. The number of urea groups is 1. The number of halogens is 3. The zero-order valence-electron chi connectivity index (χ0n) is 11.6. The fourth-order valence-corrected chi connectivity index (χ4v) is 1.59. The minimum absolute atomic E-state index is 0.116. The van der Waals surface area contributed by atoms with Crippen molar-refractivity contribution >= 4 is 6.03 Å². The van der Waals surface area contributed by atoms with Crippen molar-refractivity contribution < 1.29 is 27.8 Å². The third-order valence-corrected chi connectivity index (χ3v) is 2.70. The van der Waals surface area contributed by atoms with E-state index in [0.29, 0.717) is 5.75 Å². The Bertz CT molecular complexity index is 463. The van der Waals surface area contributed by atoms with Crippen molar-refractivity contribution in [3.05, 3.63) is 29.8 Å². The highest BCUT2D eigenvalue weighted by Crippen LogP contribution is 2.33. The third-order valence-electron chi connectivity index (χ3n) is 2.70. The molecule has 1 aromatic rings. The molecule has 21 heavy (non-hydrogen) atoms. The second kappa shape index (κ2) is 7.16. The van der Waals surface area contributed by atoms with Crippen LogP contribution in [0.25, 0.3) is 0 Å². The fourth-order valence-electron chi connectivity index (χ4n) is 1.59. The van der Waals surface area contributed by atoms with Crippen molar-refractivity contribution in [1.82, 2.24) is 10.6 Å². The molecule has 0 fully saturated rings. The van der Waals surface area contributed by atoms with Gasteiger partial charge in [0.2, 0.25) is 0 Å². The molecule has 2 atom stereocenters.